The first-order valence-corrected chi connectivity index (χ1v) is 7.31. The van der Waals surface area contributed by atoms with Crippen molar-refractivity contribution in [2.75, 3.05) is 0 Å². The van der Waals surface area contributed by atoms with Crippen LogP contribution in [0.4, 0.5) is 0 Å². The number of nitrogens with zero attached hydrogens (tertiary/aromatic N) is 2. The van der Waals surface area contributed by atoms with E-state index >= 15 is 0 Å². The van der Waals surface area contributed by atoms with Crippen LogP contribution in [0.2, 0.25) is 0 Å². The summed E-state index contributed by atoms with van der Waals surface area (Å²) in [7, 11) is 0. The van der Waals surface area contributed by atoms with Crippen LogP contribution < -0.4 is 10.4 Å². The Morgan fingerprint density at radius 1 is 1.30 bits per heavy atom. The minimum absolute atomic E-state index is 0.224. The van der Waals surface area contributed by atoms with Crippen LogP contribution in [0.5, 0.6) is 11.6 Å². The molecule has 0 atom stereocenters. The first-order valence-electron chi connectivity index (χ1n) is 7.31. The van der Waals surface area contributed by atoms with E-state index in [-0.39, 0.29) is 11.5 Å². The van der Waals surface area contributed by atoms with E-state index in [1.165, 1.54) is 6.07 Å². The van der Waals surface area contributed by atoms with Crippen molar-refractivity contribution in [2.24, 2.45) is 0 Å². The molecule has 114 valence electrons. The van der Waals surface area contributed by atoms with Crippen LogP contribution in [0.15, 0.2) is 51.8 Å². The van der Waals surface area contributed by atoms with Gasteiger partial charge in [-0.1, -0.05) is 13.3 Å². The number of aromatic nitrogens is 1. The molecule has 0 bridgehead atoms. The van der Waals surface area contributed by atoms with Gasteiger partial charge in [0.05, 0.1) is 0 Å². The summed E-state index contributed by atoms with van der Waals surface area (Å²) in [5.41, 5.74) is 1.39. The summed E-state index contributed by atoms with van der Waals surface area (Å²) in [6.45, 7) is 2.06. The van der Waals surface area contributed by atoms with Gasteiger partial charge in [0.1, 0.15) is 23.0 Å². The fourth-order valence-electron chi connectivity index (χ4n) is 2.42. The van der Waals surface area contributed by atoms with Crippen molar-refractivity contribution in [3.63, 3.8) is 0 Å². The molecule has 5 heteroatoms. The molecule has 3 rings (SSSR count). The summed E-state index contributed by atoms with van der Waals surface area (Å²) in [6.07, 6.45) is 3.30. The topological polar surface area (TPSA) is 76.1 Å². The van der Waals surface area contributed by atoms with Gasteiger partial charge in [-0.3, -0.25) is 0 Å². The highest BCUT2D eigenvalue weighted by atomic mass is 16.5. The second-order valence-corrected chi connectivity index (χ2v) is 5.07. The molecule has 0 amide bonds. The summed E-state index contributed by atoms with van der Waals surface area (Å²) in [5, 5.41) is 9.96. The molecule has 1 aromatic carbocycles. The Bertz CT molecular complexity index is 954. The van der Waals surface area contributed by atoms with Gasteiger partial charge < -0.3 is 9.15 Å². The van der Waals surface area contributed by atoms with Crippen LogP contribution in [0.1, 0.15) is 24.5 Å². The van der Waals surface area contributed by atoms with E-state index in [9.17, 15) is 4.79 Å². The summed E-state index contributed by atoms with van der Waals surface area (Å²) in [5.74, 6) is 0.686. The lowest BCUT2D eigenvalue weighted by atomic mass is 10.1. The van der Waals surface area contributed by atoms with Crippen molar-refractivity contribution in [2.45, 2.75) is 19.8 Å². The Balaban J connectivity index is 2.04. The first-order chi connectivity index (χ1) is 11.2. The number of nitriles is 1. The maximum absolute atomic E-state index is 11.7. The van der Waals surface area contributed by atoms with Gasteiger partial charge in [-0.05, 0) is 36.2 Å². The number of hydrogen-bond donors (Lipinski definition) is 0. The number of rotatable bonds is 4. The van der Waals surface area contributed by atoms with Crippen LogP contribution in [-0.4, -0.2) is 4.98 Å². The fourth-order valence-corrected chi connectivity index (χ4v) is 2.42. The van der Waals surface area contributed by atoms with E-state index in [0.29, 0.717) is 16.9 Å². The number of pyridine rings is 1. The Morgan fingerprint density at radius 2 is 2.17 bits per heavy atom. The molecule has 2 heterocycles. The zero-order valence-corrected chi connectivity index (χ0v) is 12.6. The number of aryl methyl sites for hydroxylation is 1. The molecule has 2 aromatic heterocycles. The average Bonchev–Trinajstić information content (AvgIpc) is 2.55. The molecule has 5 nitrogen and oxygen atoms in total. The lowest BCUT2D eigenvalue weighted by Gasteiger charge is -2.08. The Labute approximate surface area is 132 Å². The molecule has 0 aliphatic heterocycles. The van der Waals surface area contributed by atoms with E-state index in [4.69, 9.17) is 14.4 Å². The highest BCUT2D eigenvalue weighted by Gasteiger charge is 2.09. The van der Waals surface area contributed by atoms with Gasteiger partial charge in [0, 0.05) is 23.7 Å². The van der Waals surface area contributed by atoms with Crippen molar-refractivity contribution in [1.29, 1.82) is 5.26 Å². The predicted octanol–water partition coefficient (Wildman–Crippen LogP) is 3.80. The molecule has 0 unspecified atom stereocenters. The third-order valence-electron chi connectivity index (χ3n) is 3.43. The normalized spacial score (nSPS) is 10.4. The molecule has 0 radical (unpaired) electrons. The van der Waals surface area contributed by atoms with Crippen LogP contribution >= 0.6 is 0 Å². The molecule has 3 aromatic rings. The Morgan fingerprint density at radius 3 is 2.96 bits per heavy atom. The third-order valence-corrected chi connectivity index (χ3v) is 3.43. The minimum Gasteiger partial charge on any atom is -0.438 e. The Kier molecular flexibility index (Phi) is 4.07. The summed E-state index contributed by atoms with van der Waals surface area (Å²) >= 11 is 0. The van der Waals surface area contributed by atoms with Crippen LogP contribution in [0.3, 0.4) is 0 Å². The van der Waals surface area contributed by atoms with Gasteiger partial charge in [-0.25, -0.2) is 9.78 Å². The minimum atomic E-state index is -0.381. The largest absolute Gasteiger partial charge is 0.438 e. The van der Waals surface area contributed by atoms with Crippen LogP contribution in [0.25, 0.3) is 11.0 Å². The smallest absolute Gasteiger partial charge is 0.336 e. The maximum Gasteiger partial charge on any atom is 0.336 e. The quantitative estimate of drug-likeness (QED) is 0.685. The number of ether oxygens (including phenoxy) is 1. The van der Waals surface area contributed by atoms with E-state index in [1.807, 2.05) is 12.1 Å². The van der Waals surface area contributed by atoms with Gasteiger partial charge in [0.25, 0.3) is 0 Å². The Hall–Kier alpha value is -3.13. The van der Waals surface area contributed by atoms with Gasteiger partial charge in [-0.15, -0.1) is 0 Å². The standard InChI is InChI=1S/C18H14N2O3/c1-2-4-12-9-17(21)23-16-10-14(6-7-15(12)16)22-18-13(11-19)5-3-8-20-18/h3,5-10H,2,4H2,1H3. The molecular weight excluding hydrogens is 292 g/mol. The first kappa shape index (κ1) is 14.8. The zero-order valence-electron chi connectivity index (χ0n) is 12.6. The molecule has 0 spiro atoms. The average molecular weight is 306 g/mol. The van der Waals surface area contributed by atoms with Gasteiger partial charge in [0.2, 0.25) is 5.88 Å². The van der Waals surface area contributed by atoms with E-state index in [2.05, 4.69) is 11.9 Å². The maximum atomic E-state index is 11.7. The van der Waals surface area contributed by atoms with Gasteiger partial charge in [-0.2, -0.15) is 5.26 Å². The van der Waals surface area contributed by atoms with Crippen LogP contribution in [0, 0.1) is 11.3 Å². The lowest BCUT2D eigenvalue weighted by molar-refractivity contribution is 0.459. The van der Waals surface area contributed by atoms with E-state index in [0.717, 1.165) is 23.8 Å². The van der Waals surface area contributed by atoms with Gasteiger partial charge >= 0.3 is 5.63 Å². The summed E-state index contributed by atoms with van der Waals surface area (Å²) < 4.78 is 10.9. The number of benzene rings is 1. The second kappa shape index (κ2) is 6.32. The third kappa shape index (κ3) is 3.06. The van der Waals surface area contributed by atoms with Gasteiger partial charge in [0.15, 0.2) is 0 Å². The van der Waals surface area contributed by atoms with Crippen molar-refractivity contribution < 1.29 is 9.15 Å². The summed E-state index contributed by atoms with van der Waals surface area (Å²) in [6, 6.07) is 12.1. The van der Waals surface area contributed by atoms with E-state index < -0.39 is 0 Å². The van der Waals surface area contributed by atoms with E-state index in [1.54, 1.807) is 30.5 Å². The molecular formula is C18H14N2O3. The van der Waals surface area contributed by atoms with Crippen molar-refractivity contribution >= 4 is 11.0 Å². The molecule has 23 heavy (non-hydrogen) atoms. The molecule has 0 fully saturated rings. The second-order valence-electron chi connectivity index (χ2n) is 5.07. The molecule has 0 saturated heterocycles. The lowest BCUT2D eigenvalue weighted by Crippen LogP contribution is -2.00. The molecule has 0 N–H and O–H groups in total. The molecule has 0 saturated carbocycles. The molecule has 0 aliphatic rings. The van der Waals surface area contributed by atoms with Crippen LogP contribution in [-0.2, 0) is 6.42 Å². The van der Waals surface area contributed by atoms with Crippen molar-refractivity contribution in [3.05, 3.63) is 64.1 Å². The zero-order chi connectivity index (χ0) is 16.2. The number of fused-ring (bicyclic) bond motifs is 1. The highest BCUT2D eigenvalue weighted by Crippen LogP contribution is 2.27. The van der Waals surface area contributed by atoms with Crippen molar-refractivity contribution in [1.82, 2.24) is 4.98 Å². The summed E-state index contributed by atoms with van der Waals surface area (Å²) in [4.78, 5) is 15.7. The predicted molar refractivity (Wildman–Crippen MR) is 85.5 cm³/mol. The monoisotopic (exact) mass is 306 g/mol. The number of hydrogen-bond acceptors (Lipinski definition) is 5. The fraction of sp³-hybridized carbons (Fsp3) is 0.167. The highest BCUT2D eigenvalue weighted by molar-refractivity contribution is 5.81. The van der Waals surface area contributed by atoms with Crippen molar-refractivity contribution in [3.8, 4) is 17.7 Å². The molecule has 0 aliphatic carbocycles. The SMILES string of the molecule is CCCc1cc(=O)oc2cc(Oc3ncccc3C#N)ccc12.